The van der Waals surface area contributed by atoms with Crippen LogP contribution < -0.4 is 10.1 Å². The molecule has 7 heteroatoms. The number of carbonyl (C=O) groups is 1. The van der Waals surface area contributed by atoms with Crippen LogP contribution in [-0.4, -0.2) is 53.7 Å². The van der Waals surface area contributed by atoms with Crippen molar-refractivity contribution in [2.45, 2.75) is 58.3 Å². The van der Waals surface area contributed by atoms with E-state index in [2.05, 4.69) is 10.3 Å². The first-order valence-electron chi connectivity index (χ1n) is 10.7. The molecule has 1 unspecified atom stereocenters. The second-order valence-electron chi connectivity index (χ2n) is 8.67. The zero-order valence-corrected chi connectivity index (χ0v) is 18.2. The van der Waals surface area contributed by atoms with Crippen molar-refractivity contribution in [3.63, 3.8) is 0 Å². The van der Waals surface area contributed by atoms with E-state index in [1.807, 2.05) is 50.8 Å². The van der Waals surface area contributed by atoms with Crippen LogP contribution in [0.2, 0.25) is 0 Å². The van der Waals surface area contributed by atoms with Crippen molar-refractivity contribution < 1.29 is 18.7 Å². The van der Waals surface area contributed by atoms with Crippen LogP contribution >= 0.6 is 0 Å². The molecule has 1 aromatic carbocycles. The molecule has 1 aromatic heterocycles. The molecule has 2 aliphatic rings. The minimum Gasteiger partial charge on any atom is -0.491 e. The summed E-state index contributed by atoms with van der Waals surface area (Å²) < 4.78 is 17.9. The second kappa shape index (κ2) is 8.40. The number of piperidine rings is 1. The van der Waals surface area contributed by atoms with Gasteiger partial charge in [-0.25, -0.2) is 4.98 Å². The Balaban J connectivity index is 1.39. The summed E-state index contributed by atoms with van der Waals surface area (Å²) in [5.41, 5.74) is 1.40. The number of oxazole rings is 1. The molecule has 7 nitrogen and oxygen atoms in total. The van der Waals surface area contributed by atoms with Crippen molar-refractivity contribution in [2.75, 3.05) is 26.2 Å². The molecule has 2 aliphatic heterocycles. The lowest BCUT2D eigenvalue weighted by molar-refractivity contribution is -0.148. The van der Waals surface area contributed by atoms with Gasteiger partial charge in [0.2, 0.25) is 5.89 Å². The first-order valence-corrected chi connectivity index (χ1v) is 10.7. The monoisotopic (exact) mass is 413 g/mol. The Labute approximate surface area is 177 Å². The van der Waals surface area contributed by atoms with E-state index >= 15 is 0 Å². The number of benzene rings is 1. The maximum atomic E-state index is 13.0. The fourth-order valence-corrected chi connectivity index (χ4v) is 4.24. The van der Waals surface area contributed by atoms with Crippen LogP contribution in [0.15, 0.2) is 28.8 Å². The molecule has 1 amide bonds. The van der Waals surface area contributed by atoms with Crippen LogP contribution in [0.3, 0.4) is 0 Å². The Morgan fingerprint density at radius 2 is 2.07 bits per heavy atom. The first-order chi connectivity index (χ1) is 14.3. The number of nitrogens with zero attached hydrogens (tertiary/aromatic N) is 2. The van der Waals surface area contributed by atoms with Crippen LogP contribution in [0.1, 0.15) is 60.4 Å². The summed E-state index contributed by atoms with van der Waals surface area (Å²) in [6.07, 6.45) is 3.22. The third kappa shape index (κ3) is 4.37. The molecule has 0 bridgehead atoms. The summed E-state index contributed by atoms with van der Waals surface area (Å²) in [6.45, 7) is 10.7. The Kier molecular flexibility index (Phi) is 5.84. The summed E-state index contributed by atoms with van der Waals surface area (Å²) in [6, 6.07) is 5.67. The molecule has 0 radical (unpaired) electrons. The van der Waals surface area contributed by atoms with Crippen LogP contribution in [0.25, 0.3) is 0 Å². The van der Waals surface area contributed by atoms with Gasteiger partial charge in [-0.1, -0.05) is 0 Å². The summed E-state index contributed by atoms with van der Waals surface area (Å²) in [7, 11) is 0. The normalized spacial score (nSPS) is 21.2. The quantitative estimate of drug-likeness (QED) is 0.828. The number of nitrogens with one attached hydrogen (secondary N) is 1. The molecule has 3 heterocycles. The van der Waals surface area contributed by atoms with Crippen molar-refractivity contribution in [1.82, 2.24) is 15.2 Å². The molecular weight excluding hydrogens is 382 g/mol. The highest BCUT2D eigenvalue weighted by atomic mass is 16.5. The van der Waals surface area contributed by atoms with E-state index in [-0.39, 0.29) is 23.7 Å². The molecule has 4 rings (SSSR count). The van der Waals surface area contributed by atoms with Crippen molar-refractivity contribution in [3.05, 3.63) is 47.2 Å². The Morgan fingerprint density at radius 1 is 1.30 bits per heavy atom. The molecule has 1 N–H and O–H groups in total. The fourth-order valence-electron chi connectivity index (χ4n) is 4.24. The second-order valence-corrected chi connectivity index (χ2v) is 8.67. The summed E-state index contributed by atoms with van der Waals surface area (Å²) in [5, 5.41) is 3.47. The van der Waals surface area contributed by atoms with Gasteiger partial charge in [0, 0.05) is 31.7 Å². The smallest absolute Gasteiger partial charge is 0.253 e. The Bertz CT molecular complexity index is 900. The van der Waals surface area contributed by atoms with Crippen molar-refractivity contribution >= 4 is 5.91 Å². The van der Waals surface area contributed by atoms with Crippen LogP contribution in [0.5, 0.6) is 5.75 Å². The molecular formula is C23H31N3O4. The van der Waals surface area contributed by atoms with E-state index in [9.17, 15) is 4.79 Å². The van der Waals surface area contributed by atoms with Gasteiger partial charge in [0.25, 0.3) is 5.91 Å². The number of amides is 1. The number of aromatic nitrogens is 1. The van der Waals surface area contributed by atoms with Gasteiger partial charge in [-0.3, -0.25) is 4.79 Å². The standard InChI is InChI=1S/C23H31N3O4/c1-15(2)28-19-6-5-18(11-16(19)3)22(27)26-9-7-23(8-10-26)14-24-13-20(30-23)21-25-12-17(4)29-21/h5-6,11-12,15,20,24H,7-10,13-14H2,1-4H3. The number of hydrogen-bond acceptors (Lipinski definition) is 6. The number of likely N-dealkylation sites (tertiary alicyclic amines) is 1. The maximum Gasteiger partial charge on any atom is 0.253 e. The lowest BCUT2D eigenvalue weighted by atomic mass is 9.89. The molecule has 1 atom stereocenters. The molecule has 30 heavy (non-hydrogen) atoms. The van der Waals surface area contributed by atoms with Crippen molar-refractivity contribution in [3.8, 4) is 5.75 Å². The molecule has 2 saturated heterocycles. The average Bonchev–Trinajstić information content (AvgIpc) is 3.16. The highest BCUT2D eigenvalue weighted by molar-refractivity contribution is 5.94. The molecule has 1 spiro atoms. The van der Waals surface area contributed by atoms with Gasteiger partial charge in [-0.15, -0.1) is 0 Å². The topological polar surface area (TPSA) is 76.8 Å². The summed E-state index contributed by atoms with van der Waals surface area (Å²) in [5.74, 6) is 2.30. The lowest BCUT2D eigenvalue weighted by Gasteiger charge is -2.46. The number of rotatable bonds is 4. The predicted molar refractivity (Wildman–Crippen MR) is 113 cm³/mol. The van der Waals surface area contributed by atoms with E-state index in [4.69, 9.17) is 13.9 Å². The minimum absolute atomic E-state index is 0.0627. The maximum absolute atomic E-state index is 13.0. The molecule has 0 saturated carbocycles. The Morgan fingerprint density at radius 3 is 2.70 bits per heavy atom. The van der Waals surface area contributed by atoms with Gasteiger partial charge < -0.3 is 24.1 Å². The van der Waals surface area contributed by atoms with E-state index in [0.29, 0.717) is 31.1 Å². The largest absolute Gasteiger partial charge is 0.491 e. The third-order valence-electron chi connectivity index (χ3n) is 5.83. The number of carbonyl (C=O) groups excluding carboxylic acids is 1. The highest BCUT2D eigenvalue weighted by Crippen LogP contribution is 2.35. The van der Waals surface area contributed by atoms with Gasteiger partial charge in [0.15, 0.2) is 0 Å². The van der Waals surface area contributed by atoms with E-state index < -0.39 is 0 Å². The van der Waals surface area contributed by atoms with E-state index in [1.54, 1.807) is 6.20 Å². The van der Waals surface area contributed by atoms with Gasteiger partial charge in [0.05, 0.1) is 17.9 Å². The van der Waals surface area contributed by atoms with Crippen LogP contribution in [-0.2, 0) is 4.74 Å². The average molecular weight is 414 g/mol. The first kappa shape index (κ1) is 20.9. The zero-order valence-electron chi connectivity index (χ0n) is 18.2. The number of morpholine rings is 1. The number of aryl methyl sites for hydroxylation is 2. The minimum atomic E-state index is -0.285. The SMILES string of the molecule is Cc1cnc(C2CNCC3(CCN(C(=O)c4ccc(OC(C)C)c(C)c4)CC3)O2)o1. The van der Waals surface area contributed by atoms with Gasteiger partial charge in [-0.2, -0.15) is 0 Å². The summed E-state index contributed by atoms with van der Waals surface area (Å²) in [4.78, 5) is 19.3. The van der Waals surface area contributed by atoms with Gasteiger partial charge in [0.1, 0.15) is 17.6 Å². The van der Waals surface area contributed by atoms with Gasteiger partial charge in [-0.05, 0) is 64.3 Å². The number of hydrogen-bond donors (Lipinski definition) is 1. The number of ether oxygens (including phenoxy) is 2. The van der Waals surface area contributed by atoms with E-state index in [0.717, 1.165) is 36.5 Å². The van der Waals surface area contributed by atoms with Crippen molar-refractivity contribution in [2.24, 2.45) is 0 Å². The Hall–Kier alpha value is -2.38. The fraction of sp³-hybridized carbons (Fsp3) is 0.565. The van der Waals surface area contributed by atoms with Gasteiger partial charge >= 0.3 is 0 Å². The van der Waals surface area contributed by atoms with Crippen molar-refractivity contribution in [1.29, 1.82) is 0 Å². The zero-order chi connectivity index (χ0) is 21.3. The highest BCUT2D eigenvalue weighted by Gasteiger charge is 2.42. The van der Waals surface area contributed by atoms with Crippen LogP contribution in [0.4, 0.5) is 0 Å². The molecule has 2 fully saturated rings. The molecule has 0 aliphatic carbocycles. The third-order valence-corrected chi connectivity index (χ3v) is 5.83. The predicted octanol–water partition coefficient (Wildman–Crippen LogP) is 3.41. The molecule has 162 valence electrons. The lowest BCUT2D eigenvalue weighted by Crippen LogP contribution is -2.57. The summed E-state index contributed by atoms with van der Waals surface area (Å²) >= 11 is 0. The molecule has 2 aromatic rings. The van der Waals surface area contributed by atoms with Crippen LogP contribution in [0, 0.1) is 13.8 Å². The van der Waals surface area contributed by atoms with E-state index in [1.165, 1.54) is 0 Å².